The van der Waals surface area contributed by atoms with Crippen molar-refractivity contribution >= 4 is 10.9 Å². The lowest BCUT2D eigenvalue weighted by molar-refractivity contribution is 0.102. The first-order valence-electron chi connectivity index (χ1n) is 5.95. The molecule has 0 atom stereocenters. The number of para-hydroxylation sites is 1. The summed E-state index contributed by atoms with van der Waals surface area (Å²) in [5.74, 6) is 0. The van der Waals surface area contributed by atoms with Crippen LogP contribution in [0.15, 0.2) is 24.3 Å². The minimum absolute atomic E-state index is 0.500. The van der Waals surface area contributed by atoms with Crippen LogP contribution in [0.25, 0.3) is 10.9 Å². The van der Waals surface area contributed by atoms with Crippen molar-refractivity contribution in [2.24, 2.45) is 7.05 Å². The van der Waals surface area contributed by atoms with Crippen LogP contribution >= 0.6 is 0 Å². The van der Waals surface area contributed by atoms with Crippen LogP contribution in [0, 0.1) is 13.8 Å². The molecule has 0 spiro atoms. The number of aliphatic hydroxyl groups is 1. The van der Waals surface area contributed by atoms with Crippen molar-refractivity contribution in [1.29, 1.82) is 0 Å². The van der Waals surface area contributed by atoms with Gasteiger partial charge >= 0.3 is 0 Å². The number of aryl methyl sites for hydroxylation is 2. The Morgan fingerprint density at radius 1 is 1.06 bits per heavy atom. The van der Waals surface area contributed by atoms with Gasteiger partial charge in [-0.05, 0) is 46.2 Å². The molecule has 1 aromatic carbocycles. The number of nitrogens with zero attached hydrogens (tertiary/aromatic N) is 1. The molecule has 2 rings (SSSR count). The molecular weight excluding hydrogens is 210 g/mol. The lowest BCUT2D eigenvalue weighted by Gasteiger charge is -2.04. The molecule has 2 aromatic rings. The van der Waals surface area contributed by atoms with Gasteiger partial charge in [0.25, 0.3) is 0 Å². The van der Waals surface area contributed by atoms with Gasteiger partial charge in [-0.25, -0.2) is 0 Å². The average molecular weight is 233 g/mol. The monoisotopic (exact) mass is 233 g/mol. The predicted molar refractivity (Wildman–Crippen MR) is 74.4 cm³/mol. The molecule has 0 fully saturated rings. The summed E-state index contributed by atoms with van der Waals surface area (Å²) in [6, 6.07) is 8.52. The van der Waals surface area contributed by atoms with Crippen molar-refractivity contribution in [3.63, 3.8) is 0 Å². The van der Waals surface area contributed by atoms with Gasteiger partial charge in [0.2, 0.25) is 0 Å². The van der Waals surface area contributed by atoms with Crippen molar-refractivity contribution in [2.75, 3.05) is 0 Å². The summed E-state index contributed by atoms with van der Waals surface area (Å²) < 4.78 is 2.24. The van der Waals surface area contributed by atoms with Crippen LogP contribution < -0.4 is 0 Å². The summed E-state index contributed by atoms with van der Waals surface area (Å²) >= 11 is 0. The van der Waals surface area contributed by atoms with Crippen molar-refractivity contribution < 1.29 is 5.11 Å². The molecule has 0 amide bonds. The Bertz CT molecular complexity index is 458. The fraction of sp³-hybridized carbons (Fsp3) is 0.467. The summed E-state index contributed by atoms with van der Waals surface area (Å²) in [7, 11) is 2.12. The molecule has 0 aliphatic carbocycles. The van der Waals surface area contributed by atoms with Crippen LogP contribution in [-0.2, 0) is 7.05 Å². The molecule has 2 nitrogen and oxygen atoms in total. The second-order valence-corrected chi connectivity index (χ2v) is 5.46. The van der Waals surface area contributed by atoms with Gasteiger partial charge in [0.05, 0.1) is 5.60 Å². The van der Waals surface area contributed by atoms with E-state index >= 15 is 0 Å². The number of hydrogen-bond donors (Lipinski definition) is 1. The van der Waals surface area contributed by atoms with Crippen LogP contribution in [0.2, 0.25) is 0 Å². The topological polar surface area (TPSA) is 25.2 Å². The van der Waals surface area contributed by atoms with Gasteiger partial charge in [0, 0.05) is 23.6 Å². The highest BCUT2D eigenvalue weighted by atomic mass is 16.3. The zero-order chi connectivity index (χ0) is 13.2. The molecule has 0 saturated heterocycles. The van der Waals surface area contributed by atoms with E-state index in [0.29, 0.717) is 0 Å². The van der Waals surface area contributed by atoms with Crippen LogP contribution in [0.4, 0.5) is 0 Å². The zero-order valence-electron chi connectivity index (χ0n) is 11.7. The van der Waals surface area contributed by atoms with Crippen molar-refractivity contribution in [1.82, 2.24) is 4.57 Å². The van der Waals surface area contributed by atoms with E-state index in [0.717, 1.165) is 0 Å². The van der Waals surface area contributed by atoms with Crippen LogP contribution in [-0.4, -0.2) is 15.3 Å². The van der Waals surface area contributed by atoms with E-state index in [-0.39, 0.29) is 0 Å². The molecule has 0 aliphatic heterocycles. The quantitative estimate of drug-likeness (QED) is 0.739. The first-order chi connectivity index (χ1) is 7.72. The Morgan fingerprint density at radius 3 is 2.00 bits per heavy atom. The summed E-state index contributed by atoms with van der Waals surface area (Å²) in [6.45, 7) is 9.57. The molecule has 94 valence electrons. The lowest BCUT2D eigenvalue weighted by Crippen LogP contribution is -2.10. The molecule has 1 aromatic heterocycles. The normalized spacial score (nSPS) is 11.2. The molecule has 0 aliphatic rings. The second kappa shape index (κ2) is 4.92. The minimum atomic E-state index is -0.500. The summed E-state index contributed by atoms with van der Waals surface area (Å²) in [5, 5.41) is 9.89. The molecule has 0 radical (unpaired) electrons. The third-order valence-corrected chi connectivity index (χ3v) is 2.72. The van der Waals surface area contributed by atoms with Crippen molar-refractivity contribution in [2.45, 2.75) is 40.2 Å². The number of rotatable bonds is 0. The number of aromatic nitrogens is 1. The number of benzene rings is 1. The van der Waals surface area contributed by atoms with E-state index < -0.39 is 5.60 Å². The van der Waals surface area contributed by atoms with Gasteiger partial charge in [-0.15, -0.1) is 0 Å². The van der Waals surface area contributed by atoms with Crippen molar-refractivity contribution in [3.8, 4) is 0 Å². The lowest BCUT2D eigenvalue weighted by atomic mass is 10.2. The van der Waals surface area contributed by atoms with E-state index in [2.05, 4.69) is 49.7 Å². The van der Waals surface area contributed by atoms with Gasteiger partial charge < -0.3 is 9.67 Å². The fourth-order valence-electron chi connectivity index (χ4n) is 1.71. The van der Waals surface area contributed by atoms with E-state index in [9.17, 15) is 0 Å². The summed E-state index contributed by atoms with van der Waals surface area (Å²) in [6.07, 6.45) is 0. The fourth-order valence-corrected chi connectivity index (χ4v) is 1.71. The van der Waals surface area contributed by atoms with Gasteiger partial charge in [-0.3, -0.25) is 0 Å². The Kier molecular flexibility index (Phi) is 3.99. The Balaban J connectivity index is 0.000000249. The SMILES string of the molecule is CC(C)(C)O.Cc1c(C)n(C)c2ccccc12. The maximum absolute atomic E-state index is 8.52. The molecule has 0 bridgehead atoms. The maximum atomic E-state index is 8.52. The van der Waals surface area contributed by atoms with Crippen LogP contribution in [0.3, 0.4) is 0 Å². The zero-order valence-corrected chi connectivity index (χ0v) is 11.7. The molecular formula is C15H23NO. The Morgan fingerprint density at radius 2 is 1.53 bits per heavy atom. The second-order valence-electron chi connectivity index (χ2n) is 5.46. The standard InChI is InChI=1S/C11H13N.C4H10O/c1-8-9(2)12(3)11-7-5-4-6-10(8)11;1-4(2,3)5/h4-7H,1-3H3;5H,1-3H3. The largest absolute Gasteiger partial charge is 0.391 e. The third-order valence-electron chi connectivity index (χ3n) is 2.72. The van der Waals surface area contributed by atoms with Crippen molar-refractivity contribution in [3.05, 3.63) is 35.5 Å². The molecule has 0 saturated carbocycles. The molecule has 0 unspecified atom stereocenters. The van der Waals surface area contributed by atoms with Crippen LogP contribution in [0.5, 0.6) is 0 Å². The van der Waals surface area contributed by atoms with E-state index in [1.807, 2.05) is 0 Å². The van der Waals surface area contributed by atoms with Crippen LogP contribution in [0.1, 0.15) is 32.0 Å². The highest BCUT2D eigenvalue weighted by Crippen LogP contribution is 2.22. The first-order valence-corrected chi connectivity index (χ1v) is 5.95. The molecule has 1 N–H and O–H groups in total. The molecule has 2 heteroatoms. The highest BCUT2D eigenvalue weighted by Gasteiger charge is 2.05. The minimum Gasteiger partial charge on any atom is -0.391 e. The first kappa shape index (κ1) is 13.8. The summed E-state index contributed by atoms with van der Waals surface area (Å²) in [5.41, 5.74) is 3.58. The maximum Gasteiger partial charge on any atom is 0.0563 e. The highest BCUT2D eigenvalue weighted by molar-refractivity contribution is 5.85. The smallest absolute Gasteiger partial charge is 0.0563 e. The van der Waals surface area contributed by atoms with E-state index in [1.54, 1.807) is 20.8 Å². The Hall–Kier alpha value is -1.28. The third kappa shape index (κ3) is 3.60. The van der Waals surface area contributed by atoms with Gasteiger partial charge in [0.15, 0.2) is 0 Å². The van der Waals surface area contributed by atoms with E-state index in [4.69, 9.17) is 5.11 Å². The number of hydrogen-bond acceptors (Lipinski definition) is 1. The van der Waals surface area contributed by atoms with Gasteiger partial charge in [-0.2, -0.15) is 0 Å². The molecule has 17 heavy (non-hydrogen) atoms. The van der Waals surface area contributed by atoms with E-state index in [1.165, 1.54) is 22.2 Å². The Labute approximate surface area is 104 Å². The molecule has 1 heterocycles. The predicted octanol–water partition coefficient (Wildman–Crippen LogP) is 3.57. The average Bonchev–Trinajstić information content (AvgIpc) is 2.43. The van der Waals surface area contributed by atoms with Gasteiger partial charge in [-0.1, -0.05) is 18.2 Å². The summed E-state index contributed by atoms with van der Waals surface area (Å²) in [4.78, 5) is 0. The number of fused-ring (bicyclic) bond motifs is 1. The van der Waals surface area contributed by atoms with Gasteiger partial charge in [0.1, 0.15) is 0 Å².